The van der Waals surface area contributed by atoms with Gasteiger partial charge in [-0.3, -0.25) is 4.79 Å². The summed E-state index contributed by atoms with van der Waals surface area (Å²) in [5.41, 5.74) is -1.18. The molecule has 4 rings (SSSR count). The topological polar surface area (TPSA) is 117 Å². The number of ether oxygens (including phenoxy) is 4. The van der Waals surface area contributed by atoms with Gasteiger partial charge < -0.3 is 24.3 Å². The molecule has 1 N–H and O–H groups in total. The first-order valence-electron chi connectivity index (χ1n) is 11.6. The number of amides is 1. The number of benzene rings is 2. The molecular formula is C27H27NO8. The Morgan fingerprint density at radius 2 is 1.67 bits per heavy atom. The van der Waals surface area contributed by atoms with E-state index in [-0.39, 0.29) is 25.6 Å². The van der Waals surface area contributed by atoms with E-state index >= 15 is 0 Å². The zero-order valence-electron chi connectivity index (χ0n) is 19.6. The highest BCUT2D eigenvalue weighted by molar-refractivity contribution is 6.04. The fourth-order valence-electron chi connectivity index (χ4n) is 5.06. The monoisotopic (exact) mass is 493 g/mol. The van der Waals surface area contributed by atoms with E-state index < -0.39 is 48.2 Å². The fraction of sp³-hybridized carbons (Fsp3) is 0.333. The highest BCUT2D eigenvalue weighted by Crippen LogP contribution is 2.63. The van der Waals surface area contributed by atoms with Gasteiger partial charge >= 0.3 is 24.0 Å². The number of hydrogen-bond donors (Lipinski definition) is 1. The van der Waals surface area contributed by atoms with Crippen LogP contribution in [0.25, 0.3) is 10.8 Å². The average Bonchev–Trinajstić information content (AvgIpc) is 3.52. The van der Waals surface area contributed by atoms with Gasteiger partial charge in [-0.15, -0.1) is 0 Å². The van der Waals surface area contributed by atoms with Crippen LogP contribution in [-0.4, -0.2) is 49.5 Å². The van der Waals surface area contributed by atoms with Crippen LogP contribution in [0.5, 0.6) is 0 Å². The van der Waals surface area contributed by atoms with Gasteiger partial charge in [0, 0.05) is 5.92 Å². The first kappa shape index (κ1) is 25.0. The summed E-state index contributed by atoms with van der Waals surface area (Å²) >= 11 is 0. The average molecular weight is 494 g/mol. The molecule has 2 fully saturated rings. The minimum atomic E-state index is -1.51. The molecular weight excluding hydrogens is 466 g/mol. The number of alkyl carbamates (subject to hydrolysis) is 1. The van der Waals surface area contributed by atoms with Crippen LogP contribution in [0, 0.1) is 17.8 Å². The Morgan fingerprint density at radius 3 is 2.44 bits per heavy atom. The van der Waals surface area contributed by atoms with Crippen molar-refractivity contribution in [2.45, 2.75) is 18.4 Å². The molecule has 188 valence electrons. The number of hydrogen-bond acceptors (Lipinski definition) is 8. The molecule has 1 amide bonds. The van der Waals surface area contributed by atoms with Gasteiger partial charge in [0.1, 0.15) is 18.8 Å². The number of nitrogens with one attached hydrogen (secondary N) is 1. The van der Waals surface area contributed by atoms with Gasteiger partial charge in [0.2, 0.25) is 6.79 Å². The van der Waals surface area contributed by atoms with E-state index in [0.717, 1.165) is 5.39 Å². The third-order valence-electron chi connectivity index (χ3n) is 6.64. The van der Waals surface area contributed by atoms with E-state index in [4.69, 9.17) is 18.9 Å². The molecule has 0 aromatic heterocycles. The van der Waals surface area contributed by atoms with Crippen LogP contribution >= 0.6 is 0 Å². The van der Waals surface area contributed by atoms with Crippen molar-refractivity contribution >= 4 is 34.8 Å². The molecule has 4 atom stereocenters. The molecule has 0 aliphatic heterocycles. The minimum Gasteiger partial charge on any atom is -0.461 e. The molecule has 2 aromatic rings. The zero-order valence-corrected chi connectivity index (χ0v) is 19.6. The van der Waals surface area contributed by atoms with Crippen LogP contribution in [0.4, 0.5) is 4.79 Å². The second-order valence-corrected chi connectivity index (χ2v) is 8.66. The lowest BCUT2D eigenvalue weighted by atomic mass is 9.90. The molecule has 0 heterocycles. The van der Waals surface area contributed by atoms with Crippen molar-refractivity contribution in [3.8, 4) is 0 Å². The van der Waals surface area contributed by atoms with Crippen LogP contribution in [0.15, 0.2) is 67.8 Å². The molecule has 0 spiro atoms. The summed E-state index contributed by atoms with van der Waals surface area (Å²) in [4.78, 5) is 50.8. The zero-order chi connectivity index (χ0) is 25.7. The summed E-state index contributed by atoms with van der Waals surface area (Å²) in [7, 11) is 0. The highest BCUT2D eigenvalue weighted by Gasteiger charge is 2.72. The number of rotatable bonds is 10. The SMILES string of the molecule is C=CCOC(=O)N[C@@]1(C(=O)OCOC(=O)c2cccc3ccccc23)CC[C@H]2[C@H](C(=O)OCC=C)[C@H]21. The number of carbonyl (C=O) groups is 4. The van der Waals surface area contributed by atoms with Crippen molar-refractivity contribution in [3.05, 3.63) is 73.3 Å². The van der Waals surface area contributed by atoms with Crippen molar-refractivity contribution in [2.75, 3.05) is 20.0 Å². The van der Waals surface area contributed by atoms with Crippen molar-refractivity contribution in [2.24, 2.45) is 17.8 Å². The lowest BCUT2D eigenvalue weighted by molar-refractivity contribution is -0.161. The molecule has 0 saturated heterocycles. The van der Waals surface area contributed by atoms with Gasteiger partial charge in [-0.2, -0.15) is 0 Å². The molecule has 2 saturated carbocycles. The van der Waals surface area contributed by atoms with Gasteiger partial charge in [0.05, 0.1) is 11.5 Å². The Labute approximate surface area is 208 Å². The van der Waals surface area contributed by atoms with Gasteiger partial charge in [-0.1, -0.05) is 61.7 Å². The van der Waals surface area contributed by atoms with Crippen molar-refractivity contribution in [3.63, 3.8) is 0 Å². The summed E-state index contributed by atoms with van der Waals surface area (Å²) < 4.78 is 20.7. The van der Waals surface area contributed by atoms with Crippen molar-refractivity contribution < 1.29 is 38.1 Å². The van der Waals surface area contributed by atoms with E-state index in [1.807, 2.05) is 24.3 Å². The maximum absolute atomic E-state index is 13.3. The first-order chi connectivity index (χ1) is 17.4. The third kappa shape index (κ3) is 4.82. The third-order valence-corrected chi connectivity index (χ3v) is 6.64. The lowest BCUT2D eigenvalue weighted by Gasteiger charge is -2.30. The summed E-state index contributed by atoms with van der Waals surface area (Å²) in [5.74, 6) is -3.17. The summed E-state index contributed by atoms with van der Waals surface area (Å²) in [5, 5.41) is 4.17. The van der Waals surface area contributed by atoms with Crippen molar-refractivity contribution in [1.82, 2.24) is 5.32 Å². The molecule has 2 aliphatic carbocycles. The highest BCUT2D eigenvalue weighted by atomic mass is 16.7. The quantitative estimate of drug-likeness (QED) is 0.231. The largest absolute Gasteiger partial charge is 0.461 e. The van der Waals surface area contributed by atoms with Crippen LogP contribution in [-0.2, 0) is 28.5 Å². The Balaban J connectivity index is 1.45. The second kappa shape index (κ2) is 10.6. The first-order valence-corrected chi connectivity index (χ1v) is 11.6. The molecule has 2 aromatic carbocycles. The molecule has 0 bridgehead atoms. The Kier molecular flexibility index (Phi) is 7.38. The Bertz CT molecular complexity index is 1200. The molecule has 0 radical (unpaired) electrons. The maximum Gasteiger partial charge on any atom is 0.408 e. The molecule has 2 aliphatic rings. The van der Waals surface area contributed by atoms with Gasteiger partial charge in [0.25, 0.3) is 0 Å². The number of fused-ring (bicyclic) bond motifs is 2. The van der Waals surface area contributed by atoms with E-state index in [0.29, 0.717) is 17.4 Å². The molecule has 9 heteroatoms. The smallest absolute Gasteiger partial charge is 0.408 e. The van der Waals surface area contributed by atoms with Crippen LogP contribution < -0.4 is 5.32 Å². The maximum atomic E-state index is 13.3. The predicted octanol–water partition coefficient (Wildman–Crippen LogP) is 3.53. The fourth-order valence-corrected chi connectivity index (χ4v) is 5.06. The lowest BCUT2D eigenvalue weighted by Crippen LogP contribution is -2.57. The van der Waals surface area contributed by atoms with Gasteiger partial charge in [-0.05, 0) is 35.6 Å². The molecule has 0 unspecified atom stereocenters. The standard InChI is InChI=1S/C27H27NO8/c1-3-14-33-24(30)21-20-12-13-27(22(20)21,28-26(32)34-15-4-2)25(31)36-16-35-23(29)19-11-7-9-17-8-5-6-10-18(17)19/h3-11,20-22H,1-2,12-16H2,(H,28,32)/t20-,21-,22-,27-/m0/s1. The van der Waals surface area contributed by atoms with E-state index in [2.05, 4.69) is 18.5 Å². The predicted molar refractivity (Wildman–Crippen MR) is 129 cm³/mol. The molecule has 9 nitrogen and oxygen atoms in total. The Morgan fingerprint density at radius 1 is 0.944 bits per heavy atom. The Hall–Kier alpha value is -4.14. The minimum absolute atomic E-state index is 0.0468. The number of esters is 3. The van der Waals surface area contributed by atoms with Gasteiger partial charge in [0.15, 0.2) is 0 Å². The van der Waals surface area contributed by atoms with E-state index in [1.165, 1.54) is 12.2 Å². The summed E-state index contributed by atoms with van der Waals surface area (Å²) in [6, 6.07) is 12.6. The summed E-state index contributed by atoms with van der Waals surface area (Å²) in [6.07, 6.45) is 2.75. The van der Waals surface area contributed by atoms with E-state index in [9.17, 15) is 19.2 Å². The van der Waals surface area contributed by atoms with E-state index in [1.54, 1.807) is 18.2 Å². The number of carbonyl (C=O) groups excluding carboxylic acids is 4. The van der Waals surface area contributed by atoms with Crippen LogP contribution in [0.2, 0.25) is 0 Å². The molecule has 36 heavy (non-hydrogen) atoms. The van der Waals surface area contributed by atoms with Crippen LogP contribution in [0.1, 0.15) is 23.2 Å². The summed E-state index contributed by atoms with van der Waals surface area (Å²) in [6.45, 7) is 6.34. The second-order valence-electron chi connectivity index (χ2n) is 8.66. The van der Waals surface area contributed by atoms with Crippen LogP contribution in [0.3, 0.4) is 0 Å². The normalized spacial score (nSPS) is 23.6. The van der Waals surface area contributed by atoms with Crippen molar-refractivity contribution in [1.29, 1.82) is 0 Å². The van der Waals surface area contributed by atoms with Gasteiger partial charge in [-0.25, -0.2) is 14.4 Å².